The average Bonchev–Trinajstić information content (AvgIpc) is 2.77. The minimum Gasteiger partial charge on any atom is -0.478 e. The topological polar surface area (TPSA) is 45.5 Å². The molecule has 0 amide bonds. The van der Waals surface area contributed by atoms with E-state index in [0.717, 1.165) is 55.4 Å². The Kier molecular flexibility index (Phi) is 3.96. The quantitative estimate of drug-likeness (QED) is 0.941. The molecule has 1 aromatic carbocycles. The summed E-state index contributed by atoms with van der Waals surface area (Å²) in [7, 11) is 2.13. The van der Waals surface area contributed by atoms with Crippen molar-refractivity contribution in [2.75, 3.05) is 13.6 Å². The van der Waals surface area contributed by atoms with Crippen LogP contribution in [0.15, 0.2) is 12.1 Å². The molecule has 0 unspecified atom stereocenters. The van der Waals surface area contributed by atoms with Crippen molar-refractivity contribution in [3.63, 3.8) is 0 Å². The highest BCUT2D eigenvalue weighted by Gasteiger charge is 2.26. The Morgan fingerprint density at radius 3 is 2.82 bits per heavy atom. The minimum atomic E-state index is -0.816. The molecular weight excluding hydrogens is 276 g/mol. The maximum atomic E-state index is 11.8. The summed E-state index contributed by atoms with van der Waals surface area (Å²) in [5.41, 5.74) is 4.92. The second kappa shape index (κ2) is 5.76. The number of carbonyl (C=O) groups is 1. The van der Waals surface area contributed by atoms with E-state index in [1.165, 1.54) is 11.3 Å². The molecule has 4 heteroatoms. The lowest BCUT2D eigenvalue weighted by atomic mass is 10.0. The third-order valence-corrected chi connectivity index (χ3v) is 4.76. The average molecular weight is 300 g/mol. The molecule has 0 radical (unpaired) electrons. The van der Waals surface area contributed by atoms with Crippen LogP contribution in [0.2, 0.25) is 0 Å². The highest BCUT2D eigenvalue weighted by atomic mass is 16.4. The van der Waals surface area contributed by atoms with E-state index in [0.29, 0.717) is 5.56 Å². The Hall–Kier alpha value is -1.81. The van der Waals surface area contributed by atoms with Gasteiger partial charge in [-0.1, -0.05) is 25.5 Å². The molecule has 0 fully saturated rings. The van der Waals surface area contributed by atoms with Gasteiger partial charge in [0.15, 0.2) is 0 Å². The second-order valence-electron chi connectivity index (χ2n) is 6.38. The molecule has 0 spiro atoms. The number of aryl methyl sites for hydroxylation is 2. The molecule has 22 heavy (non-hydrogen) atoms. The molecule has 2 aromatic rings. The van der Waals surface area contributed by atoms with Crippen LogP contribution >= 0.6 is 0 Å². The van der Waals surface area contributed by atoms with Gasteiger partial charge in [0, 0.05) is 37.1 Å². The molecule has 3 rings (SSSR count). The van der Waals surface area contributed by atoms with E-state index in [9.17, 15) is 9.90 Å². The van der Waals surface area contributed by atoms with Gasteiger partial charge in [0.2, 0.25) is 0 Å². The molecule has 1 aromatic heterocycles. The smallest absolute Gasteiger partial charge is 0.338 e. The van der Waals surface area contributed by atoms with Crippen LogP contribution in [-0.2, 0) is 19.5 Å². The lowest BCUT2D eigenvalue weighted by molar-refractivity contribution is 0.0698. The monoisotopic (exact) mass is 300 g/mol. The first-order chi connectivity index (χ1) is 10.5. The van der Waals surface area contributed by atoms with E-state index >= 15 is 0 Å². The molecule has 0 bridgehead atoms. The van der Waals surface area contributed by atoms with Gasteiger partial charge in [0.05, 0.1) is 11.1 Å². The number of carboxylic acids is 1. The predicted octanol–water partition coefficient (Wildman–Crippen LogP) is 3.44. The molecule has 4 nitrogen and oxygen atoms in total. The number of nitrogens with zero attached hydrogens (tertiary/aromatic N) is 2. The van der Waals surface area contributed by atoms with E-state index < -0.39 is 5.97 Å². The van der Waals surface area contributed by atoms with Gasteiger partial charge in [-0.25, -0.2) is 4.79 Å². The molecule has 1 N–H and O–H groups in total. The first-order valence-corrected chi connectivity index (χ1v) is 8.10. The fourth-order valence-corrected chi connectivity index (χ4v) is 3.61. The Balaban J connectivity index is 2.32. The highest BCUT2D eigenvalue weighted by molar-refractivity contribution is 6.05. The number of fused-ring (bicyclic) bond motifs is 3. The normalized spacial score (nSPS) is 15.2. The van der Waals surface area contributed by atoms with Crippen molar-refractivity contribution >= 4 is 16.9 Å². The second-order valence-corrected chi connectivity index (χ2v) is 6.38. The van der Waals surface area contributed by atoms with Gasteiger partial charge in [0.1, 0.15) is 0 Å². The van der Waals surface area contributed by atoms with Crippen LogP contribution in [0.5, 0.6) is 0 Å². The largest absolute Gasteiger partial charge is 0.478 e. The van der Waals surface area contributed by atoms with Crippen molar-refractivity contribution in [3.8, 4) is 0 Å². The van der Waals surface area contributed by atoms with E-state index in [1.807, 2.05) is 13.0 Å². The van der Waals surface area contributed by atoms with E-state index in [-0.39, 0.29) is 0 Å². The molecule has 118 valence electrons. The van der Waals surface area contributed by atoms with Crippen molar-refractivity contribution in [1.82, 2.24) is 9.47 Å². The molecule has 2 heterocycles. The van der Waals surface area contributed by atoms with Crippen LogP contribution in [0.25, 0.3) is 10.9 Å². The maximum Gasteiger partial charge on any atom is 0.338 e. The first-order valence-electron chi connectivity index (χ1n) is 8.10. The van der Waals surface area contributed by atoms with Gasteiger partial charge in [-0.2, -0.15) is 0 Å². The summed E-state index contributed by atoms with van der Waals surface area (Å²) in [5, 5.41) is 10.8. The molecular formula is C18H24N2O2. The zero-order valence-electron chi connectivity index (χ0n) is 13.6. The lowest BCUT2D eigenvalue weighted by Gasteiger charge is -2.24. The van der Waals surface area contributed by atoms with Crippen LogP contribution in [-0.4, -0.2) is 34.1 Å². The molecule has 1 aliphatic rings. The Morgan fingerprint density at radius 2 is 2.14 bits per heavy atom. The van der Waals surface area contributed by atoms with Gasteiger partial charge in [0.25, 0.3) is 0 Å². The van der Waals surface area contributed by atoms with Crippen LogP contribution < -0.4 is 0 Å². The lowest BCUT2D eigenvalue weighted by Crippen LogP contribution is -2.27. The van der Waals surface area contributed by atoms with Gasteiger partial charge in [-0.3, -0.25) is 0 Å². The summed E-state index contributed by atoms with van der Waals surface area (Å²) >= 11 is 0. The Morgan fingerprint density at radius 1 is 1.36 bits per heavy atom. The Labute approximate surface area is 131 Å². The molecule has 0 saturated heterocycles. The number of benzene rings is 1. The fourth-order valence-electron chi connectivity index (χ4n) is 3.61. The molecule has 0 saturated carbocycles. The van der Waals surface area contributed by atoms with Crippen molar-refractivity contribution < 1.29 is 9.90 Å². The number of hydrogen-bond donors (Lipinski definition) is 1. The highest BCUT2D eigenvalue weighted by Crippen LogP contribution is 2.34. The summed E-state index contributed by atoms with van der Waals surface area (Å²) in [4.78, 5) is 14.1. The number of hydrogen-bond acceptors (Lipinski definition) is 2. The van der Waals surface area contributed by atoms with Crippen molar-refractivity contribution in [2.24, 2.45) is 0 Å². The summed E-state index contributed by atoms with van der Waals surface area (Å²) in [5.74, 6) is -0.816. The summed E-state index contributed by atoms with van der Waals surface area (Å²) in [6, 6.07) is 4.06. The number of aromatic carboxylic acids is 1. The minimum absolute atomic E-state index is 0.477. The zero-order chi connectivity index (χ0) is 15.9. The number of aromatic nitrogens is 1. The maximum absolute atomic E-state index is 11.8. The molecule has 1 aliphatic heterocycles. The predicted molar refractivity (Wildman–Crippen MR) is 88.6 cm³/mol. The third kappa shape index (κ3) is 2.31. The van der Waals surface area contributed by atoms with Crippen LogP contribution in [0.3, 0.4) is 0 Å². The van der Waals surface area contributed by atoms with Gasteiger partial charge >= 0.3 is 5.97 Å². The van der Waals surface area contributed by atoms with Crippen LogP contribution in [0.4, 0.5) is 0 Å². The standard InChI is InChI=1S/C18H24N2O2/c1-4-5-9-20-15-8-10-19(3)11-14(15)13-7-6-12(2)16(17(13)20)18(21)22/h6-7H,4-5,8-11H2,1-3H3,(H,21,22). The number of rotatable bonds is 4. The van der Waals surface area contributed by atoms with E-state index in [1.54, 1.807) is 0 Å². The number of unbranched alkanes of at least 4 members (excludes halogenated alkanes) is 1. The summed E-state index contributed by atoms with van der Waals surface area (Å²) in [6.07, 6.45) is 3.20. The fraction of sp³-hybridized carbons (Fsp3) is 0.500. The molecule has 0 atom stereocenters. The summed E-state index contributed by atoms with van der Waals surface area (Å²) < 4.78 is 2.29. The van der Waals surface area contributed by atoms with Gasteiger partial charge < -0.3 is 14.6 Å². The first kappa shape index (κ1) is 15.1. The summed E-state index contributed by atoms with van der Waals surface area (Å²) in [6.45, 7) is 6.93. The third-order valence-electron chi connectivity index (χ3n) is 4.76. The SMILES string of the molecule is CCCCn1c2c(c3ccc(C)c(C(=O)O)c31)CN(C)CC2. The van der Waals surface area contributed by atoms with E-state index in [4.69, 9.17) is 0 Å². The van der Waals surface area contributed by atoms with Crippen molar-refractivity contribution in [2.45, 2.75) is 46.2 Å². The molecule has 0 aliphatic carbocycles. The van der Waals surface area contributed by atoms with Gasteiger partial charge in [-0.15, -0.1) is 0 Å². The number of likely N-dealkylation sites (N-methyl/N-ethyl adjacent to an activating group) is 1. The van der Waals surface area contributed by atoms with Gasteiger partial charge in [-0.05, 0) is 31.5 Å². The van der Waals surface area contributed by atoms with E-state index in [2.05, 4.69) is 29.5 Å². The van der Waals surface area contributed by atoms with Crippen molar-refractivity contribution in [3.05, 3.63) is 34.5 Å². The van der Waals surface area contributed by atoms with Crippen molar-refractivity contribution in [1.29, 1.82) is 0 Å². The van der Waals surface area contributed by atoms with Crippen LogP contribution in [0, 0.1) is 6.92 Å². The van der Waals surface area contributed by atoms with Crippen LogP contribution in [0.1, 0.15) is 46.9 Å². The Bertz CT molecular complexity index is 730. The zero-order valence-corrected chi connectivity index (χ0v) is 13.6. The number of carboxylic acid groups (broad SMARTS) is 1.